The van der Waals surface area contributed by atoms with Crippen molar-refractivity contribution in [3.63, 3.8) is 0 Å². The number of aryl methyl sites for hydroxylation is 1. The zero-order valence-electron chi connectivity index (χ0n) is 15.4. The highest BCUT2D eigenvalue weighted by Gasteiger charge is 2.32. The topological polar surface area (TPSA) is 67.9 Å². The molecule has 2 aromatic heterocycles. The van der Waals surface area contributed by atoms with E-state index in [0.29, 0.717) is 28.8 Å². The summed E-state index contributed by atoms with van der Waals surface area (Å²) >= 11 is 0. The Balaban J connectivity index is 1.68. The number of ether oxygens (including phenoxy) is 1. The number of benzene rings is 1. The largest absolute Gasteiger partial charge is 0.487 e. The number of fused-ring (bicyclic) bond motifs is 2. The molecule has 8 heteroatoms. The molecule has 0 unspecified atom stereocenters. The maximum absolute atomic E-state index is 12.4. The van der Waals surface area contributed by atoms with E-state index in [-0.39, 0.29) is 18.0 Å². The fourth-order valence-corrected chi connectivity index (χ4v) is 3.38. The molecule has 1 N–H and O–H groups in total. The van der Waals surface area contributed by atoms with E-state index >= 15 is 0 Å². The summed E-state index contributed by atoms with van der Waals surface area (Å²) in [6.07, 6.45) is -1.90. The quantitative estimate of drug-likeness (QED) is 0.694. The number of carbonyl (C=O) groups is 1. The number of aromatic nitrogens is 3. The summed E-state index contributed by atoms with van der Waals surface area (Å²) in [5.74, 6) is 0.699. The van der Waals surface area contributed by atoms with Crippen LogP contribution < -0.4 is 4.74 Å². The molecule has 1 aromatic carbocycles. The van der Waals surface area contributed by atoms with Gasteiger partial charge in [-0.1, -0.05) is 6.07 Å². The molecule has 3 aromatic rings. The predicted molar refractivity (Wildman–Crippen MR) is 97.4 cm³/mol. The van der Waals surface area contributed by atoms with E-state index < -0.39 is 18.2 Å². The second kappa shape index (κ2) is 6.32. The molecule has 1 aliphatic rings. The van der Waals surface area contributed by atoms with Gasteiger partial charge in [-0.25, -0.2) is 9.97 Å². The molecule has 0 atom stereocenters. The van der Waals surface area contributed by atoms with Crippen molar-refractivity contribution in [2.75, 3.05) is 0 Å². The molecule has 0 saturated heterocycles. The Bertz CT molecular complexity index is 1070. The number of H-pyrrole nitrogens is 1. The highest BCUT2D eigenvalue weighted by molar-refractivity contribution is 6.01. The normalized spacial score (nSPS) is 16.1. The van der Waals surface area contributed by atoms with Crippen molar-refractivity contribution < 1.29 is 22.7 Å². The van der Waals surface area contributed by atoms with Crippen LogP contribution in [0.5, 0.6) is 5.75 Å². The summed E-state index contributed by atoms with van der Waals surface area (Å²) < 4.78 is 43.2. The number of alkyl halides is 3. The van der Waals surface area contributed by atoms with Crippen molar-refractivity contribution in [1.29, 1.82) is 0 Å². The fourth-order valence-electron chi connectivity index (χ4n) is 3.38. The highest BCUT2D eigenvalue weighted by atomic mass is 19.4. The molecule has 4 rings (SSSR count). The second-order valence-electron chi connectivity index (χ2n) is 7.54. The van der Waals surface area contributed by atoms with Gasteiger partial charge >= 0.3 is 6.18 Å². The molecule has 28 heavy (non-hydrogen) atoms. The monoisotopic (exact) mass is 389 g/mol. The lowest BCUT2D eigenvalue weighted by Crippen LogP contribution is -2.35. The van der Waals surface area contributed by atoms with Crippen molar-refractivity contribution in [2.45, 2.75) is 44.9 Å². The smallest absolute Gasteiger partial charge is 0.389 e. The molecule has 0 aliphatic carbocycles. The molecule has 0 amide bonds. The predicted octanol–water partition coefficient (Wildman–Crippen LogP) is 4.86. The molecule has 146 valence electrons. The number of Topliss-reactive ketones (excluding diaryl/α,β-unsaturated/α-hetero) is 1. The number of halogens is 3. The van der Waals surface area contributed by atoms with Crippen LogP contribution in [-0.2, 0) is 6.42 Å². The molecule has 0 radical (unpaired) electrons. The average molecular weight is 389 g/mol. The first-order valence-electron chi connectivity index (χ1n) is 8.88. The van der Waals surface area contributed by atoms with Gasteiger partial charge in [0.15, 0.2) is 5.78 Å². The molecule has 0 saturated carbocycles. The van der Waals surface area contributed by atoms with Crippen LogP contribution in [0.2, 0.25) is 0 Å². The lowest BCUT2D eigenvalue weighted by Gasteiger charge is -2.31. The standard InChI is InChI=1S/C20H18F3N3O2/c1-19(2)8-15(27)12-4-3-11(7-16(12)28-19)13-9-25-18-14(13)10-24-17(26-18)5-6-20(21,22)23/h3-4,7,9-10H,5-6,8H2,1-2H3,(H,24,25,26). The minimum Gasteiger partial charge on any atom is -0.487 e. The fraction of sp³-hybridized carbons (Fsp3) is 0.350. The van der Waals surface area contributed by atoms with E-state index in [2.05, 4.69) is 15.0 Å². The van der Waals surface area contributed by atoms with Crippen LogP contribution in [0.15, 0.2) is 30.6 Å². The highest BCUT2D eigenvalue weighted by Crippen LogP contribution is 2.37. The van der Waals surface area contributed by atoms with Crippen molar-refractivity contribution in [3.8, 4) is 16.9 Å². The first-order valence-corrected chi connectivity index (χ1v) is 8.88. The zero-order valence-corrected chi connectivity index (χ0v) is 15.4. The number of carbonyl (C=O) groups excluding carboxylic acids is 1. The maximum atomic E-state index is 12.4. The van der Waals surface area contributed by atoms with E-state index in [1.165, 1.54) is 6.20 Å². The summed E-state index contributed by atoms with van der Waals surface area (Å²) in [6.45, 7) is 3.73. The number of hydrogen-bond donors (Lipinski definition) is 1. The SMILES string of the molecule is CC1(C)CC(=O)c2ccc(-c3c[nH]c4nc(CCC(F)(F)F)ncc34)cc2O1. The van der Waals surface area contributed by atoms with Gasteiger partial charge in [0.05, 0.1) is 18.4 Å². The van der Waals surface area contributed by atoms with Gasteiger partial charge in [0.25, 0.3) is 0 Å². The van der Waals surface area contributed by atoms with Gasteiger partial charge in [0, 0.05) is 29.8 Å². The average Bonchev–Trinajstić information content (AvgIpc) is 3.01. The summed E-state index contributed by atoms with van der Waals surface area (Å²) in [4.78, 5) is 23.6. The maximum Gasteiger partial charge on any atom is 0.389 e. The van der Waals surface area contributed by atoms with E-state index in [1.807, 2.05) is 19.9 Å². The van der Waals surface area contributed by atoms with Crippen LogP contribution in [0.1, 0.15) is 42.9 Å². The van der Waals surface area contributed by atoms with E-state index in [0.717, 1.165) is 11.1 Å². The lowest BCUT2D eigenvalue weighted by atomic mass is 9.91. The van der Waals surface area contributed by atoms with Crippen LogP contribution in [0, 0.1) is 0 Å². The Labute approximate surface area is 159 Å². The summed E-state index contributed by atoms with van der Waals surface area (Å²) in [5.41, 5.74) is 2.05. The van der Waals surface area contributed by atoms with Crippen LogP contribution in [-0.4, -0.2) is 32.5 Å². The molecular formula is C20H18F3N3O2. The summed E-state index contributed by atoms with van der Waals surface area (Å²) in [7, 11) is 0. The molecule has 3 heterocycles. The van der Waals surface area contributed by atoms with Gasteiger partial charge in [-0.05, 0) is 31.5 Å². The first kappa shape index (κ1) is 18.5. The van der Waals surface area contributed by atoms with Crippen LogP contribution in [0.25, 0.3) is 22.2 Å². The van der Waals surface area contributed by atoms with Crippen molar-refractivity contribution in [3.05, 3.63) is 42.0 Å². The Morgan fingerprint density at radius 3 is 2.79 bits per heavy atom. The Morgan fingerprint density at radius 2 is 2.04 bits per heavy atom. The van der Waals surface area contributed by atoms with Gasteiger partial charge in [-0.3, -0.25) is 4.79 Å². The lowest BCUT2D eigenvalue weighted by molar-refractivity contribution is -0.134. The molecule has 0 bridgehead atoms. The first-order chi connectivity index (χ1) is 13.1. The second-order valence-corrected chi connectivity index (χ2v) is 7.54. The van der Waals surface area contributed by atoms with Gasteiger partial charge in [0.1, 0.15) is 22.8 Å². The van der Waals surface area contributed by atoms with Crippen LogP contribution in [0.3, 0.4) is 0 Å². The zero-order chi connectivity index (χ0) is 20.1. The number of nitrogens with zero attached hydrogens (tertiary/aromatic N) is 2. The van der Waals surface area contributed by atoms with Gasteiger partial charge in [0.2, 0.25) is 0 Å². The van der Waals surface area contributed by atoms with Crippen LogP contribution >= 0.6 is 0 Å². The Kier molecular flexibility index (Phi) is 4.17. The third kappa shape index (κ3) is 3.58. The minimum absolute atomic E-state index is 0.0365. The van der Waals surface area contributed by atoms with Crippen LogP contribution in [0.4, 0.5) is 13.2 Å². The van der Waals surface area contributed by atoms with Crippen molar-refractivity contribution in [1.82, 2.24) is 15.0 Å². The minimum atomic E-state index is -4.24. The molecule has 0 fully saturated rings. The van der Waals surface area contributed by atoms with Gasteiger partial charge in [-0.15, -0.1) is 0 Å². The summed E-state index contributed by atoms with van der Waals surface area (Å²) in [6, 6.07) is 5.35. The van der Waals surface area contributed by atoms with Crippen molar-refractivity contribution >= 4 is 16.8 Å². The van der Waals surface area contributed by atoms with E-state index in [9.17, 15) is 18.0 Å². The summed E-state index contributed by atoms with van der Waals surface area (Å²) in [5, 5.41) is 0.692. The number of nitrogens with one attached hydrogen (secondary N) is 1. The van der Waals surface area contributed by atoms with E-state index in [1.54, 1.807) is 18.3 Å². The number of ketones is 1. The third-order valence-electron chi connectivity index (χ3n) is 4.68. The molecule has 5 nitrogen and oxygen atoms in total. The van der Waals surface area contributed by atoms with E-state index in [4.69, 9.17) is 4.74 Å². The van der Waals surface area contributed by atoms with Crippen molar-refractivity contribution in [2.24, 2.45) is 0 Å². The molecule has 0 spiro atoms. The number of hydrogen-bond acceptors (Lipinski definition) is 4. The van der Waals surface area contributed by atoms with Gasteiger partial charge in [-0.2, -0.15) is 13.2 Å². The van der Waals surface area contributed by atoms with Gasteiger partial charge < -0.3 is 9.72 Å². The number of aromatic amines is 1. The third-order valence-corrected chi connectivity index (χ3v) is 4.68. The molecular weight excluding hydrogens is 371 g/mol. The number of rotatable bonds is 3. The Hall–Kier alpha value is -2.90. The molecule has 1 aliphatic heterocycles. The Morgan fingerprint density at radius 1 is 1.25 bits per heavy atom.